The number of aryl methyl sites for hydroxylation is 2. The molecule has 1 saturated heterocycles. The van der Waals surface area contributed by atoms with Crippen molar-refractivity contribution in [3.63, 3.8) is 0 Å². The Morgan fingerprint density at radius 1 is 1.50 bits per heavy atom. The van der Waals surface area contributed by atoms with Crippen LogP contribution >= 0.6 is 0 Å². The third-order valence-corrected chi connectivity index (χ3v) is 5.42. The van der Waals surface area contributed by atoms with Crippen LogP contribution in [-0.4, -0.2) is 26.5 Å². The summed E-state index contributed by atoms with van der Waals surface area (Å²) in [5.74, 6) is 2.78. The normalized spacial score (nSPS) is 24.3. The van der Waals surface area contributed by atoms with Gasteiger partial charge in [0.15, 0.2) is 9.84 Å². The van der Waals surface area contributed by atoms with Gasteiger partial charge in [-0.25, -0.2) is 8.42 Å². The van der Waals surface area contributed by atoms with E-state index in [1.54, 1.807) is 0 Å². The highest BCUT2D eigenvalue weighted by atomic mass is 32.2. The maximum absolute atomic E-state index is 11.4. The Kier molecular flexibility index (Phi) is 3.82. The molecule has 2 heterocycles. The molecule has 1 aromatic rings. The van der Waals surface area contributed by atoms with Crippen molar-refractivity contribution in [2.45, 2.75) is 33.2 Å². The van der Waals surface area contributed by atoms with Crippen molar-refractivity contribution in [2.24, 2.45) is 5.92 Å². The van der Waals surface area contributed by atoms with Crippen LogP contribution in [0.5, 0.6) is 0 Å². The molecule has 1 aromatic heterocycles. The van der Waals surface area contributed by atoms with E-state index in [-0.39, 0.29) is 12.0 Å². The third-order valence-electron chi connectivity index (χ3n) is 3.59. The first-order valence-electron chi connectivity index (χ1n) is 6.38. The van der Waals surface area contributed by atoms with Crippen LogP contribution in [0.2, 0.25) is 0 Å². The van der Waals surface area contributed by atoms with Crippen LogP contribution in [0.25, 0.3) is 0 Å². The molecule has 5 heteroatoms. The number of furan rings is 1. The molecule has 0 aromatic carbocycles. The number of nitrogens with one attached hydrogen (secondary N) is 1. The van der Waals surface area contributed by atoms with Crippen molar-refractivity contribution >= 4 is 9.84 Å². The first-order valence-corrected chi connectivity index (χ1v) is 8.20. The second-order valence-corrected chi connectivity index (χ2v) is 7.50. The fourth-order valence-electron chi connectivity index (χ4n) is 2.57. The predicted molar refractivity (Wildman–Crippen MR) is 71.4 cm³/mol. The Hall–Kier alpha value is -0.810. The largest absolute Gasteiger partial charge is 0.466 e. The highest BCUT2D eigenvalue weighted by Gasteiger charge is 2.28. The highest BCUT2D eigenvalue weighted by Crippen LogP contribution is 2.23. The summed E-state index contributed by atoms with van der Waals surface area (Å²) in [6, 6.07) is 2.24. The second-order valence-electron chi connectivity index (χ2n) is 5.27. The van der Waals surface area contributed by atoms with Gasteiger partial charge < -0.3 is 9.73 Å². The van der Waals surface area contributed by atoms with Crippen molar-refractivity contribution in [3.05, 3.63) is 23.2 Å². The Morgan fingerprint density at radius 3 is 2.72 bits per heavy atom. The monoisotopic (exact) mass is 271 g/mol. The molecule has 0 radical (unpaired) electrons. The Balaban J connectivity index is 1.89. The van der Waals surface area contributed by atoms with Gasteiger partial charge in [0.05, 0.1) is 11.5 Å². The maximum atomic E-state index is 11.4. The van der Waals surface area contributed by atoms with Crippen molar-refractivity contribution in [3.8, 4) is 0 Å². The van der Waals surface area contributed by atoms with Crippen molar-refractivity contribution < 1.29 is 12.8 Å². The van der Waals surface area contributed by atoms with Gasteiger partial charge in [-0.15, -0.1) is 0 Å². The molecule has 0 amide bonds. The van der Waals surface area contributed by atoms with E-state index in [9.17, 15) is 8.42 Å². The smallest absolute Gasteiger partial charge is 0.150 e. The number of hydrogen-bond acceptors (Lipinski definition) is 4. The molecule has 1 aliphatic heterocycles. The average Bonchev–Trinajstić information content (AvgIpc) is 2.78. The zero-order chi connectivity index (χ0) is 13.3. The SMILES string of the molecule is Cc1cc(C(C)NCC2CCS(=O)(=O)C2)c(C)o1. The molecule has 2 atom stereocenters. The Bertz CT molecular complexity index is 518. The zero-order valence-corrected chi connectivity index (χ0v) is 12.0. The minimum absolute atomic E-state index is 0.200. The number of hydrogen-bond donors (Lipinski definition) is 1. The molecule has 102 valence electrons. The molecule has 1 N–H and O–H groups in total. The van der Waals surface area contributed by atoms with Gasteiger partial charge in [-0.3, -0.25) is 0 Å². The third kappa shape index (κ3) is 3.14. The summed E-state index contributed by atoms with van der Waals surface area (Å²) in [6.45, 7) is 6.73. The molecule has 0 saturated carbocycles. The van der Waals surface area contributed by atoms with E-state index in [0.717, 1.165) is 30.0 Å². The molecule has 0 spiro atoms. The summed E-state index contributed by atoms with van der Waals surface area (Å²) in [5, 5.41) is 3.41. The van der Waals surface area contributed by atoms with Crippen LogP contribution < -0.4 is 5.32 Å². The number of sulfone groups is 1. The fraction of sp³-hybridized carbons (Fsp3) is 0.692. The molecule has 1 aliphatic rings. The minimum atomic E-state index is -2.77. The van der Waals surface area contributed by atoms with E-state index in [1.165, 1.54) is 0 Å². The molecule has 2 unspecified atom stereocenters. The van der Waals surface area contributed by atoms with E-state index in [4.69, 9.17) is 4.42 Å². The Labute approximate surface area is 109 Å². The van der Waals surface area contributed by atoms with Crippen molar-refractivity contribution in [2.75, 3.05) is 18.1 Å². The van der Waals surface area contributed by atoms with Gasteiger partial charge in [0.2, 0.25) is 0 Å². The number of rotatable bonds is 4. The molecule has 4 nitrogen and oxygen atoms in total. The second kappa shape index (κ2) is 5.05. The van der Waals surface area contributed by atoms with Crippen LogP contribution in [0.4, 0.5) is 0 Å². The van der Waals surface area contributed by atoms with Gasteiger partial charge in [-0.05, 0) is 45.7 Å². The molecule has 1 fully saturated rings. The summed E-state index contributed by atoms with van der Waals surface area (Å²) in [6.07, 6.45) is 0.783. The highest BCUT2D eigenvalue weighted by molar-refractivity contribution is 7.91. The van der Waals surface area contributed by atoms with E-state index < -0.39 is 9.84 Å². The lowest BCUT2D eigenvalue weighted by atomic mass is 10.1. The van der Waals surface area contributed by atoms with Crippen molar-refractivity contribution in [1.82, 2.24) is 5.32 Å². The van der Waals surface area contributed by atoms with E-state index in [1.807, 2.05) is 19.9 Å². The van der Waals surface area contributed by atoms with Gasteiger partial charge in [0.25, 0.3) is 0 Å². The lowest BCUT2D eigenvalue weighted by Gasteiger charge is -2.16. The van der Waals surface area contributed by atoms with Gasteiger partial charge in [-0.2, -0.15) is 0 Å². The van der Waals surface area contributed by atoms with E-state index in [2.05, 4.69) is 12.2 Å². The van der Waals surface area contributed by atoms with Crippen LogP contribution in [0, 0.1) is 19.8 Å². The topological polar surface area (TPSA) is 59.3 Å². The molecule has 0 aliphatic carbocycles. The van der Waals surface area contributed by atoms with E-state index in [0.29, 0.717) is 11.5 Å². The lowest BCUT2D eigenvalue weighted by molar-refractivity contribution is 0.461. The molecule has 2 rings (SSSR count). The molecule has 18 heavy (non-hydrogen) atoms. The van der Waals surface area contributed by atoms with Gasteiger partial charge >= 0.3 is 0 Å². The summed E-state index contributed by atoms with van der Waals surface area (Å²) in [7, 11) is -2.77. The van der Waals surface area contributed by atoms with Crippen LogP contribution in [0.15, 0.2) is 10.5 Å². The zero-order valence-electron chi connectivity index (χ0n) is 11.2. The predicted octanol–water partition coefficient (Wildman–Crippen LogP) is 1.98. The van der Waals surface area contributed by atoms with Crippen molar-refractivity contribution in [1.29, 1.82) is 0 Å². The van der Waals surface area contributed by atoms with Gasteiger partial charge in [0.1, 0.15) is 11.5 Å². The standard InChI is InChI=1S/C13H21NO3S/c1-9-6-13(11(3)17-9)10(2)14-7-12-4-5-18(15,16)8-12/h6,10,12,14H,4-5,7-8H2,1-3H3. The molecule has 0 bridgehead atoms. The summed E-state index contributed by atoms with van der Waals surface area (Å²) in [5.41, 5.74) is 1.16. The summed E-state index contributed by atoms with van der Waals surface area (Å²) < 4.78 is 28.2. The first kappa shape index (κ1) is 13.6. The van der Waals surface area contributed by atoms with Crippen LogP contribution in [-0.2, 0) is 9.84 Å². The van der Waals surface area contributed by atoms with Crippen LogP contribution in [0.1, 0.15) is 36.5 Å². The first-order chi connectivity index (χ1) is 8.37. The van der Waals surface area contributed by atoms with E-state index >= 15 is 0 Å². The summed E-state index contributed by atoms with van der Waals surface area (Å²) >= 11 is 0. The average molecular weight is 271 g/mol. The Morgan fingerprint density at radius 2 is 2.22 bits per heavy atom. The maximum Gasteiger partial charge on any atom is 0.150 e. The fourth-order valence-corrected chi connectivity index (χ4v) is 4.43. The summed E-state index contributed by atoms with van der Waals surface area (Å²) in [4.78, 5) is 0. The quantitative estimate of drug-likeness (QED) is 0.909. The van der Waals surface area contributed by atoms with Gasteiger partial charge in [0, 0.05) is 11.6 Å². The van der Waals surface area contributed by atoms with Gasteiger partial charge in [-0.1, -0.05) is 0 Å². The molecular weight excluding hydrogens is 250 g/mol. The van der Waals surface area contributed by atoms with Crippen LogP contribution in [0.3, 0.4) is 0 Å². The minimum Gasteiger partial charge on any atom is -0.466 e. The lowest BCUT2D eigenvalue weighted by Crippen LogP contribution is -2.26. The molecular formula is C13H21NO3S.